The number of hydrogen-bond donors (Lipinski definition) is 2. The third kappa shape index (κ3) is 3.54. The van der Waals surface area contributed by atoms with Gasteiger partial charge in [-0.3, -0.25) is 4.79 Å². The Morgan fingerprint density at radius 1 is 1.35 bits per heavy atom. The van der Waals surface area contributed by atoms with Gasteiger partial charge in [-0.15, -0.1) is 0 Å². The van der Waals surface area contributed by atoms with Crippen LogP contribution >= 0.6 is 15.9 Å². The number of carboxylic acid groups (broad SMARTS) is 1. The van der Waals surface area contributed by atoms with Gasteiger partial charge in [0, 0.05) is 10.5 Å². The summed E-state index contributed by atoms with van der Waals surface area (Å²) in [4.78, 5) is 10.9. The number of rotatable bonds is 3. The summed E-state index contributed by atoms with van der Waals surface area (Å²) in [5.41, 5.74) is 1.25. The first-order valence-electron chi connectivity index (χ1n) is 5.88. The lowest BCUT2D eigenvalue weighted by molar-refractivity contribution is -0.140. The van der Waals surface area contributed by atoms with E-state index in [-0.39, 0.29) is 12.1 Å². The summed E-state index contributed by atoms with van der Waals surface area (Å²) in [5.74, 6) is -0.731. The standard InChI is InChI=1S/C13H16BrNO2/c14-10-6-4-9(5-7-10)8-11-2-1-3-12(15-11)13(16)17/h4-7,11-12,15H,1-3,8H2,(H,16,17). The fourth-order valence-electron chi connectivity index (χ4n) is 2.28. The first kappa shape index (κ1) is 12.6. The molecule has 0 aromatic heterocycles. The third-order valence-corrected chi connectivity index (χ3v) is 3.70. The van der Waals surface area contributed by atoms with Crippen molar-refractivity contribution in [1.82, 2.24) is 5.32 Å². The van der Waals surface area contributed by atoms with E-state index in [0.29, 0.717) is 0 Å². The van der Waals surface area contributed by atoms with Gasteiger partial charge in [0.25, 0.3) is 0 Å². The largest absolute Gasteiger partial charge is 0.480 e. The van der Waals surface area contributed by atoms with Crippen LogP contribution in [0, 0.1) is 0 Å². The van der Waals surface area contributed by atoms with Crippen LogP contribution < -0.4 is 5.32 Å². The molecule has 1 aromatic rings. The van der Waals surface area contributed by atoms with Crippen LogP contribution in [0.25, 0.3) is 0 Å². The number of hydrogen-bond acceptors (Lipinski definition) is 2. The van der Waals surface area contributed by atoms with Crippen molar-refractivity contribution >= 4 is 21.9 Å². The summed E-state index contributed by atoms with van der Waals surface area (Å²) in [5, 5.41) is 12.2. The van der Waals surface area contributed by atoms with Gasteiger partial charge in [0.2, 0.25) is 0 Å². The van der Waals surface area contributed by atoms with Gasteiger partial charge in [0.05, 0.1) is 0 Å². The molecule has 2 unspecified atom stereocenters. The van der Waals surface area contributed by atoms with Gasteiger partial charge in [-0.05, 0) is 43.4 Å². The molecule has 17 heavy (non-hydrogen) atoms. The molecule has 2 N–H and O–H groups in total. The van der Waals surface area contributed by atoms with Crippen LogP contribution in [0.3, 0.4) is 0 Å². The maximum atomic E-state index is 10.9. The van der Waals surface area contributed by atoms with Crippen LogP contribution in [-0.2, 0) is 11.2 Å². The quantitative estimate of drug-likeness (QED) is 0.902. The Hall–Kier alpha value is -0.870. The molecule has 1 aliphatic rings. The van der Waals surface area contributed by atoms with Crippen molar-refractivity contribution in [2.45, 2.75) is 37.8 Å². The van der Waals surface area contributed by atoms with Crippen molar-refractivity contribution < 1.29 is 9.90 Å². The summed E-state index contributed by atoms with van der Waals surface area (Å²) in [6, 6.07) is 8.11. The van der Waals surface area contributed by atoms with Gasteiger partial charge < -0.3 is 10.4 Å². The van der Waals surface area contributed by atoms with Crippen molar-refractivity contribution in [3.63, 3.8) is 0 Å². The van der Waals surface area contributed by atoms with Gasteiger partial charge >= 0.3 is 5.97 Å². The highest BCUT2D eigenvalue weighted by Crippen LogP contribution is 2.18. The van der Waals surface area contributed by atoms with Crippen molar-refractivity contribution in [3.8, 4) is 0 Å². The zero-order valence-corrected chi connectivity index (χ0v) is 11.1. The van der Waals surface area contributed by atoms with Gasteiger partial charge in [-0.1, -0.05) is 28.1 Å². The Morgan fingerprint density at radius 2 is 2.06 bits per heavy atom. The normalized spacial score (nSPS) is 24.5. The van der Waals surface area contributed by atoms with Crippen LogP contribution in [-0.4, -0.2) is 23.2 Å². The van der Waals surface area contributed by atoms with E-state index in [0.717, 1.165) is 30.2 Å². The van der Waals surface area contributed by atoms with E-state index in [1.807, 2.05) is 12.1 Å². The van der Waals surface area contributed by atoms with Crippen LogP contribution in [0.5, 0.6) is 0 Å². The highest BCUT2D eigenvalue weighted by atomic mass is 79.9. The number of piperidine rings is 1. The van der Waals surface area contributed by atoms with E-state index in [1.165, 1.54) is 5.56 Å². The van der Waals surface area contributed by atoms with Crippen molar-refractivity contribution in [1.29, 1.82) is 0 Å². The highest BCUT2D eigenvalue weighted by molar-refractivity contribution is 9.10. The molecule has 92 valence electrons. The lowest BCUT2D eigenvalue weighted by atomic mass is 9.94. The Bertz CT molecular complexity index is 391. The Balaban J connectivity index is 1.94. The Morgan fingerprint density at radius 3 is 2.71 bits per heavy atom. The second-order valence-electron chi connectivity index (χ2n) is 4.52. The molecular weight excluding hydrogens is 282 g/mol. The number of halogens is 1. The van der Waals surface area contributed by atoms with Crippen LogP contribution in [0.1, 0.15) is 24.8 Å². The molecule has 0 amide bonds. The van der Waals surface area contributed by atoms with Crippen LogP contribution in [0.2, 0.25) is 0 Å². The fourth-order valence-corrected chi connectivity index (χ4v) is 2.54. The molecular formula is C13H16BrNO2. The molecule has 2 atom stereocenters. The minimum atomic E-state index is -0.731. The van der Waals surface area contributed by atoms with E-state index >= 15 is 0 Å². The maximum Gasteiger partial charge on any atom is 0.320 e. The molecule has 0 bridgehead atoms. The summed E-state index contributed by atoms with van der Waals surface area (Å²) < 4.78 is 1.07. The van der Waals surface area contributed by atoms with Gasteiger partial charge in [0.15, 0.2) is 0 Å². The first-order valence-corrected chi connectivity index (χ1v) is 6.68. The Kier molecular flexibility index (Phi) is 4.18. The predicted octanol–water partition coefficient (Wildman–Crippen LogP) is 2.59. The first-order chi connectivity index (χ1) is 8.15. The fraction of sp³-hybridized carbons (Fsp3) is 0.462. The summed E-state index contributed by atoms with van der Waals surface area (Å²) in [6.45, 7) is 0. The number of carboxylic acids is 1. The number of benzene rings is 1. The summed E-state index contributed by atoms with van der Waals surface area (Å²) in [6.07, 6.45) is 3.69. The van der Waals surface area contributed by atoms with Crippen LogP contribution in [0.15, 0.2) is 28.7 Å². The lowest BCUT2D eigenvalue weighted by Crippen LogP contribution is -2.47. The molecule has 0 spiro atoms. The molecule has 3 nitrogen and oxygen atoms in total. The zero-order valence-electron chi connectivity index (χ0n) is 9.53. The SMILES string of the molecule is O=C(O)C1CCCC(Cc2ccc(Br)cc2)N1. The topological polar surface area (TPSA) is 49.3 Å². The minimum absolute atomic E-state index is 0.283. The van der Waals surface area contributed by atoms with Crippen molar-refractivity contribution in [3.05, 3.63) is 34.3 Å². The van der Waals surface area contributed by atoms with E-state index < -0.39 is 5.97 Å². The average Bonchev–Trinajstić information content (AvgIpc) is 2.32. The molecule has 1 aromatic carbocycles. The maximum absolute atomic E-state index is 10.9. The second kappa shape index (κ2) is 5.65. The monoisotopic (exact) mass is 297 g/mol. The summed E-state index contributed by atoms with van der Waals surface area (Å²) in [7, 11) is 0. The third-order valence-electron chi connectivity index (χ3n) is 3.18. The lowest BCUT2D eigenvalue weighted by Gasteiger charge is -2.28. The zero-order chi connectivity index (χ0) is 12.3. The average molecular weight is 298 g/mol. The molecule has 0 aliphatic carbocycles. The smallest absolute Gasteiger partial charge is 0.320 e. The van der Waals surface area contributed by atoms with Gasteiger partial charge in [-0.2, -0.15) is 0 Å². The molecule has 1 fully saturated rings. The number of nitrogens with one attached hydrogen (secondary N) is 1. The van der Waals surface area contributed by atoms with Crippen molar-refractivity contribution in [2.24, 2.45) is 0 Å². The van der Waals surface area contributed by atoms with E-state index in [4.69, 9.17) is 5.11 Å². The molecule has 1 saturated heterocycles. The minimum Gasteiger partial charge on any atom is -0.480 e. The summed E-state index contributed by atoms with van der Waals surface area (Å²) >= 11 is 3.41. The highest BCUT2D eigenvalue weighted by Gasteiger charge is 2.25. The van der Waals surface area contributed by atoms with Crippen LogP contribution in [0.4, 0.5) is 0 Å². The van der Waals surface area contributed by atoms with E-state index in [1.54, 1.807) is 0 Å². The molecule has 1 heterocycles. The van der Waals surface area contributed by atoms with Crippen molar-refractivity contribution in [2.75, 3.05) is 0 Å². The molecule has 1 aliphatic heterocycles. The molecule has 0 saturated carbocycles. The second-order valence-corrected chi connectivity index (χ2v) is 5.43. The predicted molar refractivity (Wildman–Crippen MR) is 70.0 cm³/mol. The number of aliphatic carboxylic acids is 1. The van der Waals surface area contributed by atoms with Gasteiger partial charge in [-0.25, -0.2) is 0 Å². The van der Waals surface area contributed by atoms with E-state index in [2.05, 4.69) is 33.4 Å². The molecule has 0 radical (unpaired) electrons. The van der Waals surface area contributed by atoms with E-state index in [9.17, 15) is 4.79 Å². The number of carbonyl (C=O) groups is 1. The Labute approximate surface area is 109 Å². The molecule has 2 rings (SSSR count). The van der Waals surface area contributed by atoms with Gasteiger partial charge in [0.1, 0.15) is 6.04 Å². The molecule has 4 heteroatoms.